The molecule has 0 atom stereocenters. The number of anilines is 1. The van der Waals surface area contributed by atoms with E-state index >= 15 is 0 Å². The number of benzene rings is 2. The topological polar surface area (TPSA) is 35.8 Å². The van der Waals surface area contributed by atoms with E-state index in [1.54, 1.807) is 18.2 Å². The number of hydrogen-bond donors (Lipinski definition) is 1. The van der Waals surface area contributed by atoms with E-state index in [9.17, 15) is 0 Å². The molecule has 19 heavy (non-hydrogen) atoms. The van der Waals surface area contributed by atoms with Gasteiger partial charge in [-0.05, 0) is 42.0 Å². The Morgan fingerprint density at radius 2 is 1.95 bits per heavy atom. The molecule has 0 saturated carbocycles. The van der Waals surface area contributed by atoms with E-state index in [4.69, 9.17) is 28.5 Å². The molecule has 0 saturated heterocycles. The van der Waals surface area contributed by atoms with Gasteiger partial charge >= 0.3 is 0 Å². The highest BCUT2D eigenvalue weighted by Crippen LogP contribution is 2.24. The molecule has 0 spiro atoms. The fraction of sp³-hybridized carbons (Fsp3) is 0.0714. The molecule has 96 valence electrons. The maximum absolute atomic E-state index is 9.08. The first-order valence-electron chi connectivity index (χ1n) is 5.47. The second-order valence-corrected chi connectivity index (χ2v) is 5.65. The van der Waals surface area contributed by atoms with Crippen LogP contribution in [0.15, 0.2) is 40.9 Å². The van der Waals surface area contributed by atoms with Gasteiger partial charge < -0.3 is 5.32 Å². The van der Waals surface area contributed by atoms with E-state index in [1.165, 1.54) is 0 Å². The maximum Gasteiger partial charge on any atom is 0.101 e. The van der Waals surface area contributed by atoms with Gasteiger partial charge in [0.15, 0.2) is 0 Å². The molecular formula is C14H9BrCl2N2. The van der Waals surface area contributed by atoms with Crippen LogP contribution in [0.5, 0.6) is 0 Å². The third-order valence-electron chi connectivity index (χ3n) is 2.58. The molecule has 0 aliphatic rings. The summed E-state index contributed by atoms with van der Waals surface area (Å²) in [5.41, 5.74) is 2.23. The number of nitrogens with one attached hydrogen (secondary N) is 1. The predicted molar refractivity (Wildman–Crippen MR) is 82.6 cm³/mol. The van der Waals surface area contributed by atoms with Crippen molar-refractivity contribution in [1.82, 2.24) is 0 Å². The molecule has 2 nitrogen and oxygen atoms in total. The maximum atomic E-state index is 9.08. The first-order valence-corrected chi connectivity index (χ1v) is 7.02. The van der Waals surface area contributed by atoms with Crippen LogP contribution in [-0.4, -0.2) is 0 Å². The monoisotopic (exact) mass is 354 g/mol. The summed E-state index contributed by atoms with van der Waals surface area (Å²) in [5, 5.41) is 13.6. The van der Waals surface area contributed by atoms with Crippen molar-refractivity contribution in [2.45, 2.75) is 6.54 Å². The zero-order valence-corrected chi connectivity index (χ0v) is 12.9. The highest BCUT2D eigenvalue weighted by atomic mass is 79.9. The zero-order chi connectivity index (χ0) is 13.8. The minimum atomic E-state index is 0.510. The van der Waals surface area contributed by atoms with Crippen LogP contribution < -0.4 is 5.32 Å². The van der Waals surface area contributed by atoms with Gasteiger partial charge in [0, 0.05) is 21.1 Å². The van der Waals surface area contributed by atoms with Gasteiger partial charge in [-0.15, -0.1) is 0 Å². The van der Waals surface area contributed by atoms with Crippen molar-refractivity contribution < 1.29 is 0 Å². The lowest BCUT2D eigenvalue weighted by molar-refractivity contribution is 1.15. The van der Waals surface area contributed by atoms with Crippen LogP contribution in [0.3, 0.4) is 0 Å². The lowest BCUT2D eigenvalue weighted by atomic mass is 10.1. The van der Waals surface area contributed by atoms with Crippen molar-refractivity contribution >= 4 is 44.8 Å². The Hall–Kier alpha value is -1.21. The van der Waals surface area contributed by atoms with E-state index in [0.717, 1.165) is 15.7 Å². The summed E-state index contributed by atoms with van der Waals surface area (Å²) < 4.78 is 0.871. The van der Waals surface area contributed by atoms with Gasteiger partial charge in [-0.1, -0.05) is 39.1 Å². The SMILES string of the molecule is N#Cc1cc(Br)ccc1NCc1cc(Cl)ccc1Cl. The molecule has 0 aliphatic carbocycles. The van der Waals surface area contributed by atoms with Crippen LogP contribution in [0.4, 0.5) is 5.69 Å². The van der Waals surface area contributed by atoms with Crippen LogP contribution in [0.25, 0.3) is 0 Å². The average Bonchev–Trinajstić information content (AvgIpc) is 2.40. The van der Waals surface area contributed by atoms with Crippen molar-refractivity contribution in [3.63, 3.8) is 0 Å². The molecule has 2 aromatic rings. The summed E-state index contributed by atoms with van der Waals surface area (Å²) in [6.45, 7) is 0.510. The van der Waals surface area contributed by atoms with Crippen molar-refractivity contribution in [2.75, 3.05) is 5.32 Å². The summed E-state index contributed by atoms with van der Waals surface area (Å²) in [6, 6.07) is 12.9. The Kier molecular flexibility index (Phi) is 4.71. The van der Waals surface area contributed by atoms with Gasteiger partial charge in [0.25, 0.3) is 0 Å². The van der Waals surface area contributed by atoms with Gasteiger partial charge in [0.2, 0.25) is 0 Å². The first-order chi connectivity index (χ1) is 9.10. The molecule has 0 fully saturated rings. The quantitative estimate of drug-likeness (QED) is 0.817. The Bertz CT molecular complexity index is 650. The molecule has 0 bridgehead atoms. The summed E-state index contributed by atoms with van der Waals surface area (Å²) in [5.74, 6) is 0. The molecule has 1 N–H and O–H groups in total. The number of hydrogen-bond acceptors (Lipinski definition) is 2. The largest absolute Gasteiger partial charge is 0.380 e. The Morgan fingerprint density at radius 3 is 2.68 bits per heavy atom. The van der Waals surface area contributed by atoms with Crippen molar-refractivity contribution in [3.05, 3.63) is 62.0 Å². The molecule has 0 radical (unpaired) electrons. The minimum absolute atomic E-state index is 0.510. The molecule has 2 rings (SSSR count). The lowest BCUT2D eigenvalue weighted by Gasteiger charge is -2.10. The minimum Gasteiger partial charge on any atom is -0.380 e. The molecule has 0 aliphatic heterocycles. The van der Waals surface area contributed by atoms with Crippen LogP contribution in [0.1, 0.15) is 11.1 Å². The predicted octanol–water partition coefficient (Wildman–Crippen LogP) is 5.24. The lowest BCUT2D eigenvalue weighted by Crippen LogP contribution is -2.02. The van der Waals surface area contributed by atoms with Crippen molar-refractivity contribution in [3.8, 4) is 6.07 Å². The highest BCUT2D eigenvalue weighted by molar-refractivity contribution is 9.10. The summed E-state index contributed by atoms with van der Waals surface area (Å²) in [6.07, 6.45) is 0. The second-order valence-electron chi connectivity index (χ2n) is 3.89. The van der Waals surface area contributed by atoms with Crippen LogP contribution in [0, 0.1) is 11.3 Å². The molecule has 0 unspecified atom stereocenters. The zero-order valence-electron chi connectivity index (χ0n) is 9.75. The second kappa shape index (κ2) is 6.29. The first kappa shape index (κ1) is 14.2. The fourth-order valence-corrected chi connectivity index (χ4v) is 2.37. The van der Waals surface area contributed by atoms with Crippen LogP contribution in [-0.2, 0) is 6.54 Å². The molecule has 0 amide bonds. The highest BCUT2D eigenvalue weighted by Gasteiger charge is 2.05. The van der Waals surface area contributed by atoms with Gasteiger partial charge in [0.05, 0.1) is 11.3 Å². The van der Waals surface area contributed by atoms with E-state index in [-0.39, 0.29) is 0 Å². The van der Waals surface area contributed by atoms with Crippen LogP contribution >= 0.6 is 39.1 Å². The third-order valence-corrected chi connectivity index (χ3v) is 3.68. The summed E-state index contributed by atoms with van der Waals surface area (Å²) in [7, 11) is 0. The van der Waals surface area contributed by atoms with Gasteiger partial charge in [-0.3, -0.25) is 0 Å². The summed E-state index contributed by atoms with van der Waals surface area (Å²) in [4.78, 5) is 0. The molecular weight excluding hydrogens is 347 g/mol. The van der Waals surface area contributed by atoms with Gasteiger partial charge in [-0.2, -0.15) is 5.26 Å². The Balaban J connectivity index is 2.19. The molecule has 0 heterocycles. The normalized spacial score (nSPS) is 10.0. The van der Waals surface area contributed by atoms with Crippen molar-refractivity contribution in [1.29, 1.82) is 5.26 Å². The standard InChI is InChI=1S/C14H9BrCl2N2/c15-11-1-4-14(9(5-11)7-18)19-8-10-6-12(16)2-3-13(10)17/h1-6,19H,8H2. The fourth-order valence-electron chi connectivity index (χ4n) is 1.63. The molecule has 5 heteroatoms. The molecule has 2 aromatic carbocycles. The molecule has 0 aromatic heterocycles. The van der Waals surface area contributed by atoms with E-state index in [2.05, 4.69) is 27.3 Å². The Labute approximate surface area is 130 Å². The summed E-state index contributed by atoms with van der Waals surface area (Å²) >= 11 is 15.4. The number of rotatable bonds is 3. The van der Waals surface area contributed by atoms with Crippen molar-refractivity contribution in [2.24, 2.45) is 0 Å². The van der Waals surface area contributed by atoms with E-state index in [1.807, 2.05) is 18.2 Å². The van der Waals surface area contributed by atoms with Gasteiger partial charge in [0.1, 0.15) is 6.07 Å². The van der Waals surface area contributed by atoms with Gasteiger partial charge in [-0.25, -0.2) is 0 Å². The third kappa shape index (κ3) is 3.63. The smallest absolute Gasteiger partial charge is 0.101 e. The number of nitrogens with zero attached hydrogens (tertiary/aromatic N) is 1. The average molecular weight is 356 g/mol. The van der Waals surface area contributed by atoms with Crippen LogP contribution in [0.2, 0.25) is 10.0 Å². The number of halogens is 3. The number of nitriles is 1. The Morgan fingerprint density at radius 1 is 1.16 bits per heavy atom. The van der Waals surface area contributed by atoms with E-state index < -0.39 is 0 Å². The van der Waals surface area contributed by atoms with E-state index in [0.29, 0.717) is 22.2 Å².